The fourth-order valence-electron chi connectivity index (χ4n) is 3.62. The van der Waals surface area contributed by atoms with E-state index in [-0.39, 0.29) is 30.0 Å². The lowest BCUT2D eigenvalue weighted by molar-refractivity contribution is -0.199. The Morgan fingerprint density at radius 1 is 1.24 bits per heavy atom. The van der Waals surface area contributed by atoms with E-state index in [0.29, 0.717) is 13.0 Å². The summed E-state index contributed by atoms with van der Waals surface area (Å²) >= 11 is 0. The Bertz CT molecular complexity index is 413. The quantitative estimate of drug-likeness (QED) is 0.738. The van der Waals surface area contributed by atoms with Gasteiger partial charge in [-0.1, -0.05) is 0 Å². The van der Waals surface area contributed by atoms with Crippen molar-refractivity contribution in [1.29, 1.82) is 0 Å². The molecule has 0 spiro atoms. The molecule has 0 N–H and O–H groups in total. The number of nitrogens with zero attached hydrogens (tertiary/aromatic N) is 3. The molecule has 6 heteroatoms. The Kier molecular flexibility index (Phi) is 4.06. The van der Waals surface area contributed by atoms with Crippen LogP contribution in [-0.2, 0) is 0 Å². The normalized spacial score (nSPS) is 35.5. The van der Waals surface area contributed by atoms with E-state index in [0.717, 1.165) is 0 Å². The minimum atomic E-state index is -4.10. The summed E-state index contributed by atoms with van der Waals surface area (Å²) < 4.78 is 39.6. The van der Waals surface area contributed by atoms with Gasteiger partial charge in [-0.15, -0.1) is 0 Å². The van der Waals surface area contributed by atoms with Gasteiger partial charge >= 0.3 is 6.18 Å². The molecule has 0 saturated carbocycles. The molecule has 3 nitrogen and oxygen atoms in total. The molecule has 0 amide bonds. The topological polar surface area (TPSA) is 18.8 Å². The Morgan fingerprint density at radius 2 is 1.86 bits per heavy atom. The summed E-state index contributed by atoms with van der Waals surface area (Å²) in [6, 6.07) is -0.148. The van der Waals surface area contributed by atoms with Crippen LogP contribution >= 0.6 is 0 Å². The highest BCUT2D eigenvalue weighted by Crippen LogP contribution is 2.44. The second-order valence-electron chi connectivity index (χ2n) is 7.53. The largest absolute Gasteiger partial charge is 0.391 e. The van der Waals surface area contributed by atoms with Crippen molar-refractivity contribution in [2.45, 2.75) is 70.3 Å². The van der Waals surface area contributed by atoms with Gasteiger partial charge in [0.2, 0.25) is 0 Å². The van der Waals surface area contributed by atoms with Gasteiger partial charge in [-0.05, 0) is 47.1 Å². The van der Waals surface area contributed by atoms with E-state index in [1.165, 1.54) is 0 Å². The van der Waals surface area contributed by atoms with Crippen LogP contribution in [0.1, 0.15) is 47.0 Å². The summed E-state index contributed by atoms with van der Waals surface area (Å²) in [4.78, 5) is 2.24. The molecule has 2 rings (SSSR count). The fraction of sp³-hybridized carbons (Fsp3) is 0.933. The number of hydrogen-bond donors (Lipinski definition) is 0. The van der Waals surface area contributed by atoms with Crippen LogP contribution < -0.4 is 0 Å². The molecule has 2 aliphatic heterocycles. The van der Waals surface area contributed by atoms with Gasteiger partial charge in [-0.2, -0.15) is 18.3 Å². The third-order valence-electron chi connectivity index (χ3n) is 5.14. The summed E-state index contributed by atoms with van der Waals surface area (Å²) in [7, 11) is 1.86. The average Bonchev–Trinajstić information content (AvgIpc) is 2.68. The number of piperidine rings is 1. The van der Waals surface area contributed by atoms with Crippen molar-refractivity contribution in [3.63, 3.8) is 0 Å². The maximum absolute atomic E-state index is 13.2. The standard InChI is InChI=1S/C15H26F3N3/c1-13(2,3)21-9-6-11(15(16,17)18)10-12(21)14(4)7-8-19-20(14)5/h8,11-12H,6-7,9-10H2,1-5H3/t11-,12+,14?/m0/s1. The lowest BCUT2D eigenvalue weighted by Gasteiger charge is -2.54. The Labute approximate surface area is 125 Å². The number of rotatable bonds is 1. The lowest BCUT2D eigenvalue weighted by atomic mass is 9.76. The summed E-state index contributed by atoms with van der Waals surface area (Å²) in [6.07, 6.45) is -1.23. The van der Waals surface area contributed by atoms with E-state index in [9.17, 15) is 13.2 Å². The molecule has 0 aromatic rings. The van der Waals surface area contributed by atoms with Crippen molar-refractivity contribution in [1.82, 2.24) is 9.91 Å². The highest BCUT2D eigenvalue weighted by molar-refractivity contribution is 5.61. The van der Waals surface area contributed by atoms with Gasteiger partial charge in [0, 0.05) is 31.3 Å². The zero-order chi connectivity index (χ0) is 16.1. The molecule has 3 atom stereocenters. The molecule has 0 radical (unpaired) electrons. The number of alkyl halides is 3. The molecule has 122 valence electrons. The van der Waals surface area contributed by atoms with Crippen LogP contribution in [0.2, 0.25) is 0 Å². The van der Waals surface area contributed by atoms with Crippen LogP contribution in [0.3, 0.4) is 0 Å². The number of halogens is 3. The third-order valence-corrected chi connectivity index (χ3v) is 5.14. The van der Waals surface area contributed by atoms with Crippen LogP contribution in [0.5, 0.6) is 0 Å². The van der Waals surface area contributed by atoms with Crippen molar-refractivity contribution in [3.05, 3.63) is 0 Å². The molecule has 2 aliphatic rings. The summed E-state index contributed by atoms with van der Waals surface area (Å²) in [5, 5.41) is 6.11. The Balaban J connectivity index is 2.30. The molecule has 1 fully saturated rings. The first-order chi connectivity index (χ1) is 9.46. The van der Waals surface area contributed by atoms with E-state index < -0.39 is 12.1 Å². The second-order valence-corrected chi connectivity index (χ2v) is 7.53. The number of hydrogen-bond acceptors (Lipinski definition) is 3. The second kappa shape index (κ2) is 5.14. The maximum Gasteiger partial charge on any atom is 0.391 e. The molecule has 0 aromatic carbocycles. The summed E-state index contributed by atoms with van der Waals surface area (Å²) in [6.45, 7) is 8.75. The van der Waals surface area contributed by atoms with Crippen LogP contribution in [-0.4, -0.2) is 53.0 Å². The van der Waals surface area contributed by atoms with Crippen LogP contribution in [0.4, 0.5) is 13.2 Å². The molecular formula is C15H26F3N3. The SMILES string of the molecule is CN1N=CCC1(C)[C@H]1C[C@@H](C(F)(F)F)CCN1C(C)(C)C. The van der Waals surface area contributed by atoms with Gasteiger partial charge in [0.15, 0.2) is 0 Å². The Hall–Kier alpha value is -0.780. The molecule has 2 heterocycles. The predicted octanol–water partition coefficient (Wildman–Crippen LogP) is 3.51. The van der Waals surface area contributed by atoms with E-state index in [2.05, 4.69) is 30.8 Å². The molecular weight excluding hydrogens is 279 g/mol. The first-order valence-electron chi connectivity index (χ1n) is 7.56. The van der Waals surface area contributed by atoms with Crippen LogP contribution in [0.15, 0.2) is 5.10 Å². The molecule has 1 unspecified atom stereocenters. The maximum atomic E-state index is 13.2. The van der Waals surface area contributed by atoms with Gasteiger partial charge in [0.25, 0.3) is 0 Å². The zero-order valence-corrected chi connectivity index (χ0v) is 13.5. The van der Waals surface area contributed by atoms with Crippen molar-refractivity contribution >= 4 is 6.21 Å². The lowest BCUT2D eigenvalue weighted by Crippen LogP contribution is -2.64. The van der Waals surface area contributed by atoms with Crippen molar-refractivity contribution in [2.24, 2.45) is 11.0 Å². The van der Waals surface area contributed by atoms with Crippen molar-refractivity contribution in [3.8, 4) is 0 Å². The fourth-order valence-corrected chi connectivity index (χ4v) is 3.62. The highest BCUT2D eigenvalue weighted by Gasteiger charge is 2.53. The van der Waals surface area contributed by atoms with Crippen molar-refractivity contribution < 1.29 is 13.2 Å². The van der Waals surface area contributed by atoms with E-state index >= 15 is 0 Å². The molecule has 0 aromatic heterocycles. The molecule has 1 saturated heterocycles. The molecule has 0 aliphatic carbocycles. The van der Waals surface area contributed by atoms with Gasteiger partial charge in [0.1, 0.15) is 0 Å². The smallest absolute Gasteiger partial charge is 0.293 e. The third kappa shape index (κ3) is 3.05. The monoisotopic (exact) mass is 305 g/mol. The minimum absolute atomic E-state index is 0.145. The summed E-state index contributed by atoms with van der Waals surface area (Å²) in [5.41, 5.74) is -0.509. The average molecular weight is 305 g/mol. The minimum Gasteiger partial charge on any atom is -0.293 e. The van der Waals surface area contributed by atoms with Crippen LogP contribution in [0.25, 0.3) is 0 Å². The van der Waals surface area contributed by atoms with Gasteiger partial charge in [-0.3, -0.25) is 9.91 Å². The van der Waals surface area contributed by atoms with Gasteiger partial charge < -0.3 is 0 Å². The molecule has 21 heavy (non-hydrogen) atoms. The van der Waals surface area contributed by atoms with Gasteiger partial charge in [0.05, 0.1) is 11.5 Å². The Morgan fingerprint density at radius 3 is 2.29 bits per heavy atom. The number of hydrazone groups is 1. The number of likely N-dealkylation sites (tertiary alicyclic amines) is 1. The number of likely N-dealkylation sites (N-methyl/N-ethyl adjacent to an activating group) is 1. The first-order valence-corrected chi connectivity index (χ1v) is 7.56. The van der Waals surface area contributed by atoms with Crippen molar-refractivity contribution in [2.75, 3.05) is 13.6 Å². The van der Waals surface area contributed by atoms with E-state index in [1.54, 1.807) is 0 Å². The predicted molar refractivity (Wildman–Crippen MR) is 78.3 cm³/mol. The zero-order valence-electron chi connectivity index (χ0n) is 13.5. The van der Waals surface area contributed by atoms with E-state index in [1.807, 2.05) is 25.2 Å². The first kappa shape index (κ1) is 16.6. The highest BCUT2D eigenvalue weighted by atomic mass is 19.4. The van der Waals surface area contributed by atoms with E-state index in [4.69, 9.17) is 0 Å². The van der Waals surface area contributed by atoms with Crippen LogP contribution in [0, 0.1) is 5.92 Å². The van der Waals surface area contributed by atoms with Gasteiger partial charge in [-0.25, -0.2) is 0 Å². The summed E-state index contributed by atoms with van der Waals surface area (Å²) in [5.74, 6) is -1.20. The molecule has 0 bridgehead atoms.